The van der Waals surface area contributed by atoms with E-state index in [4.69, 9.17) is 5.11 Å². The highest BCUT2D eigenvalue weighted by Crippen LogP contribution is 2.28. The standard InChI is InChI=1S/C14H24N2O3/c1-11(18)15-7-5-12(6-8-15)14(19)16(9-10-17)13-3-2-4-13/h12-13,17H,2-10H2,1H3. The Hall–Kier alpha value is -1.10. The van der Waals surface area contributed by atoms with Gasteiger partial charge in [0.1, 0.15) is 0 Å². The van der Waals surface area contributed by atoms with Crippen molar-refractivity contribution >= 4 is 11.8 Å². The fourth-order valence-corrected chi connectivity index (χ4v) is 2.95. The first-order valence-corrected chi connectivity index (χ1v) is 7.30. The molecule has 5 nitrogen and oxygen atoms in total. The van der Waals surface area contributed by atoms with Gasteiger partial charge in [-0.1, -0.05) is 0 Å². The highest BCUT2D eigenvalue weighted by atomic mass is 16.3. The Bertz CT molecular complexity index is 334. The highest BCUT2D eigenvalue weighted by Gasteiger charge is 2.34. The lowest BCUT2D eigenvalue weighted by Gasteiger charge is -2.40. The first-order valence-electron chi connectivity index (χ1n) is 7.30. The molecule has 108 valence electrons. The molecule has 0 unspecified atom stereocenters. The second kappa shape index (κ2) is 6.37. The summed E-state index contributed by atoms with van der Waals surface area (Å²) < 4.78 is 0. The number of aliphatic hydroxyl groups is 1. The van der Waals surface area contributed by atoms with E-state index in [1.54, 1.807) is 6.92 Å². The van der Waals surface area contributed by atoms with Crippen LogP contribution in [0.4, 0.5) is 0 Å². The number of nitrogens with zero attached hydrogens (tertiary/aromatic N) is 2. The quantitative estimate of drug-likeness (QED) is 0.813. The molecule has 2 aliphatic rings. The average Bonchev–Trinajstić information content (AvgIpc) is 2.35. The van der Waals surface area contributed by atoms with Crippen LogP contribution in [-0.2, 0) is 9.59 Å². The molecule has 0 bridgehead atoms. The van der Waals surface area contributed by atoms with Crippen LogP contribution in [0.2, 0.25) is 0 Å². The Labute approximate surface area is 114 Å². The first kappa shape index (κ1) is 14.3. The number of hydrogen-bond donors (Lipinski definition) is 1. The second-order valence-corrected chi connectivity index (χ2v) is 5.62. The van der Waals surface area contributed by atoms with Crippen LogP contribution in [-0.4, -0.2) is 59.0 Å². The van der Waals surface area contributed by atoms with Crippen LogP contribution in [0.5, 0.6) is 0 Å². The molecule has 2 fully saturated rings. The molecule has 5 heteroatoms. The summed E-state index contributed by atoms with van der Waals surface area (Å²) in [7, 11) is 0. The molecule has 0 atom stereocenters. The summed E-state index contributed by atoms with van der Waals surface area (Å²) in [5.41, 5.74) is 0. The maximum Gasteiger partial charge on any atom is 0.226 e. The molecule has 0 radical (unpaired) electrons. The van der Waals surface area contributed by atoms with Gasteiger partial charge in [0, 0.05) is 38.5 Å². The minimum Gasteiger partial charge on any atom is -0.395 e. The molecule has 1 heterocycles. The Morgan fingerprint density at radius 2 is 1.84 bits per heavy atom. The number of aliphatic hydroxyl groups excluding tert-OH is 1. The van der Waals surface area contributed by atoms with E-state index in [0.717, 1.165) is 25.7 Å². The number of carbonyl (C=O) groups excluding carboxylic acids is 2. The van der Waals surface area contributed by atoms with Gasteiger partial charge in [0.2, 0.25) is 11.8 Å². The van der Waals surface area contributed by atoms with Gasteiger partial charge >= 0.3 is 0 Å². The lowest BCUT2D eigenvalue weighted by atomic mass is 9.88. The summed E-state index contributed by atoms with van der Waals surface area (Å²) in [6.07, 6.45) is 4.83. The summed E-state index contributed by atoms with van der Waals surface area (Å²) >= 11 is 0. The number of rotatable bonds is 4. The normalized spacial score (nSPS) is 21.1. The fraction of sp³-hybridized carbons (Fsp3) is 0.857. The van der Waals surface area contributed by atoms with Gasteiger partial charge in [-0.3, -0.25) is 9.59 Å². The van der Waals surface area contributed by atoms with Crippen LogP contribution < -0.4 is 0 Å². The Kier molecular flexibility index (Phi) is 4.80. The minimum atomic E-state index is 0.0303. The van der Waals surface area contributed by atoms with Crippen LogP contribution in [0.3, 0.4) is 0 Å². The molecule has 2 amide bonds. The Balaban J connectivity index is 1.89. The van der Waals surface area contributed by atoms with E-state index in [0.29, 0.717) is 25.7 Å². The molecule has 1 N–H and O–H groups in total. The monoisotopic (exact) mass is 268 g/mol. The number of hydrogen-bond acceptors (Lipinski definition) is 3. The summed E-state index contributed by atoms with van der Waals surface area (Å²) in [5.74, 6) is 0.307. The molecule has 1 aliphatic carbocycles. The summed E-state index contributed by atoms with van der Waals surface area (Å²) in [4.78, 5) is 27.5. The first-order chi connectivity index (χ1) is 9.13. The van der Waals surface area contributed by atoms with E-state index in [1.165, 1.54) is 6.42 Å². The van der Waals surface area contributed by atoms with Crippen molar-refractivity contribution in [1.29, 1.82) is 0 Å². The van der Waals surface area contributed by atoms with Crippen LogP contribution in [0.25, 0.3) is 0 Å². The third kappa shape index (κ3) is 3.26. The van der Waals surface area contributed by atoms with E-state index in [9.17, 15) is 9.59 Å². The van der Waals surface area contributed by atoms with Gasteiger partial charge in [0.05, 0.1) is 6.61 Å². The smallest absolute Gasteiger partial charge is 0.226 e. The second-order valence-electron chi connectivity index (χ2n) is 5.62. The molecule has 1 aliphatic heterocycles. The van der Waals surface area contributed by atoms with Crippen molar-refractivity contribution in [2.75, 3.05) is 26.2 Å². The van der Waals surface area contributed by atoms with E-state index in [-0.39, 0.29) is 24.3 Å². The van der Waals surface area contributed by atoms with Gasteiger partial charge in [-0.2, -0.15) is 0 Å². The highest BCUT2D eigenvalue weighted by molar-refractivity contribution is 5.80. The number of piperidine rings is 1. The van der Waals surface area contributed by atoms with Crippen LogP contribution >= 0.6 is 0 Å². The molecule has 19 heavy (non-hydrogen) atoms. The molecule has 1 saturated heterocycles. The van der Waals surface area contributed by atoms with Gasteiger partial charge < -0.3 is 14.9 Å². The van der Waals surface area contributed by atoms with E-state index >= 15 is 0 Å². The van der Waals surface area contributed by atoms with Crippen molar-refractivity contribution in [1.82, 2.24) is 9.80 Å². The van der Waals surface area contributed by atoms with Crippen molar-refractivity contribution < 1.29 is 14.7 Å². The van der Waals surface area contributed by atoms with Crippen molar-refractivity contribution in [3.05, 3.63) is 0 Å². The van der Waals surface area contributed by atoms with Gasteiger partial charge in [-0.05, 0) is 32.1 Å². The minimum absolute atomic E-state index is 0.0303. The number of carbonyl (C=O) groups is 2. The Morgan fingerprint density at radius 1 is 1.21 bits per heavy atom. The van der Waals surface area contributed by atoms with Crippen molar-refractivity contribution in [3.8, 4) is 0 Å². The third-order valence-electron chi connectivity index (χ3n) is 4.43. The van der Waals surface area contributed by atoms with Gasteiger partial charge in [-0.25, -0.2) is 0 Å². The largest absolute Gasteiger partial charge is 0.395 e. The zero-order valence-electron chi connectivity index (χ0n) is 11.7. The van der Waals surface area contributed by atoms with Gasteiger partial charge in [-0.15, -0.1) is 0 Å². The molecule has 0 aromatic heterocycles. The molecule has 0 aromatic rings. The summed E-state index contributed by atoms with van der Waals surface area (Å²) in [5, 5.41) is 9.12. The average molecular weight is 268 g/mol. The molecule has 1 saturated carbocycles. The third-order valence-corrected chi connectivity index (χ3v) is 4.43. The SMILES string of the molecule is CC(=O)N1CCC(C(=O)N(CCO)C2CCC2)CC1. The summed E-state index contributed by atoms with van der Waals surface area (Å²) in [6.45, 7) is 3.44. The predicted octanol–water partition coefficient (Wildman–Crippen LogP) is 0.618. The lowest BCUT2D eigenvalue weighted by Crippen LogP contribution is -2.50. The number of likely N-dealkylation sites (tertiary alicyclic amines) is 1. The van der Waals surface area contributed by atoms with Gasteiger partial charge in [0.25, 0.3) is 0 Å². The molecular formula is C14H24N2O3. The predicted molar refractivity (Wildman–Crippen MR) is 71.4 cm³/mol. The maximum absolute atomic E-state index is 12.5. The topological polar surface area (TPSA) is 60.9 Å². The lowest BCUT2D eigenvalue weighted by molar-refractivity contribution is -0.144. The zero-order chi connectivity index (χ0) is 13.8. The zero-order valence-corrected chi connectivity index (χ0v) is 11.7. The van der Waals surface area contributed by atoms with Crippen LogP contribution in [0, 0.1) is 5.92 Å². The van der Waals surface area contributed by atoms with Crippen molar-refractivity contribution in [2.24, 2.45) is 5.92 Å². The molecule has 0 aromatic carbocycles. The van der Waals surface area contributed by atoms with Gasteiger partial charge in [0.15, 0.2) is 0 Å². The number of amides is 2. The summed E-state index contributed by atoms with van der Waals surface area (Å²) in [6, 6.07) is 0.338. The Morgan fingerprint density at radius 3 is 2.26 bits per heavy atom. The molecule has 0 spiro atoms. The molecular weight excluding hydrogens is 244 g/mol. The fourth-order valence-electron chi connectivity index (χ4n) is 2.95. The molecule has 2 rings (SSSR count). The maximum atomic E-state index is 12.5. The van der Waals surface area contributed by atoms with Crippen molar-refractivity contribution in [2.45, 2.75) is 45.1 Å². The van der Waals surface area contributed by atoms with E-state index < -0.39 is 0 Å². The van der Waals surface area contributed by atoms with E-state index in [2.05, 4.69) is 0 Å². The van der Waals surface area contributed by atoms with Crippen molar-refractivity contribution in [3.63, 3.8) is 0 Å². The van der Waals surface area contributed by atoms with Crippen LogP contribution in [0.15, 0.2) is 0 Å². The van der Waals surface area contributed by atoms with E-state index in [1.807, 2.05) is 9.80 Å². The van der Waals surface area contributed by atoms with Crippen LogP contribution in [0.1, 0.15) is 39.0 Å².